The van der Waals surface area contributed by atoms with E-state index in [9.17, 15) is 4.79 Å². The number of urea groups is 1. The second-order valence-electron chi connectivity index (χ2n) is 6.33. The van der Waals surface area contributed by atoms with Crippen molar-refractivity contribution in [3.05, 3.63) is 40.3 Å². The van der Waals surface area contributed by atoms with Gasteiger partial charge in [-0.1, -0.05) is 6.07 Å². The van der Waals surface area contributed by atoms with Crippen molar-refractivity contribution in [1.82, 2.24) is 25.4 Å². The summed E-state index contributed by atoms with van der Waals surface area (Å²) in [6, 6.07) is 3.59. The van der Waals surface area contributed by atoms with Gasteiger partial charge in [0.05, 0.1) is 12.8 Å². The number of methoxy groups -OCH3 is 1. The quantitative estimate of drug-likeness (QED) is 0.841. The monoisotopic (exact) mass is 345 g/mol. The average Bonchev–Trinajstić information content (AvgIpc) is 2.79. The molecule has 2 N–H and O–H groups in total. The van der Waals surface area contributed by atoms with Crippen LogP contribution in [0, 0.1) is 20.8 Å². The van der Waals surface area contributed by atoms with Gasteiger partial charge in [0.25, 0.3) is 0 Å². The molecular weight excluding hydrogens is 318 g/mol. The number of amides is 2. The van der Waals surface area contributed by atoms with Crippen LogP contribution in [-0.4, -0.2) is 33.9 Å². The minimum Gasteiger partial charge on any atom is -0.481 e. The fraction of sp³-hybridized carbons (Fsp3) is 0.500. The molecule has 2 aromatic rings. The fourth-order valence-electron chi connectivity index (χ4n) is 2.79. The van der Waals surface area contributed by atoms with Crippen LogP contribution in [-0.2, 0) is 20.0 Å². The molecule has 7 heteroatoms. The van der Waals surface area contributed by atoms with E-state index in [4.69, 9.17) is 4.74 Å². The largest absolute Gasteiger partial charge is 0.481 e. The first-order chi connectivity index (χ1) is 11.8. The molecule has 0 radical (unpaired) electrons. The van der Waals surface area contributed by atoms with Crippen LogP contribution >= 0.6 is 0 Å². The molecule has 0 spiro atoms. The summed E-state index contributed by atoms with van der Waals surface area (Å²) in [6.07, 6.45) is 0.744. The number of hydrogen-bond donors (Lipinski definition) is 2. The highest BCUT2D eigenvalue weighted by Gasteiger charge is 2.15. The second kappa shape index (κ2) is 8.00. The van der Waals surface area contributed by atoms with E-state index in [0.717, 1.165) is 29.1 Å². The van der Waals surface area contributed by atoms with Crippen LogP contribution in [0.1, 0.15) is 35.1 Å². The van der Waals surface area contributed by atoms with Crippen LogP contribution in [0.2, 0.25) is 0 Å². The van der Waals surface area contributed by atoms with Gasteiger partial charge in [0, 0.05) is 36.6 Å². The Morgan fingerprint density at radius 1 is 1.32 bits per heavy atom. The number of carbonyl (C=O) groups excluding carboxylic acids is 1. The van der Waals surface area contributed by atoms with Crippen molar-refractivity contribution >= 4 is 6.03 Å². The fourth-order valence-corrected chi connectivity index (χ4v) is 2.79. The molecule has 0 bridgehead atoms. The van der Waals surface area contributed by atoms with E-state index in [1.165, 1.54) is 5.56 Å². The van der Waals surface area contributed by atoms with Gasteiger partial charge in [0.1, 0.15) is 0 Å². The minimum atomic E-state index is -0.214. The van der Waals surface area contributed by atoms with Crippen molar-refractivity contribution in [3.63, 3.8) is 0 Å². The van der Waals surface area contributed by atoms with Crippen LogP contribution in [0.5, 0.6) is 5.88 Å². The average molecular weight is 345 g/mol. The first-order valence-electron chi connectivity index (χ1n) is 8.35. The molecule has 2 aromatic heterocycles. The van der Waals surface area contributed by atoms with Crippen molar-refractivity contribution in [3.8, 4) is 5.88 Å². The van der Waals surface area contributed by atoms with Crippen LogP contribution in [0.25, 0.3) is 0 Å². The summed E-state index contributed by atoms with van der Waals surface area (Å²) in [5, 5.41) is 10.2. The lowest BCUT2D eigenvalue weighted by molar-refractivity contribution is 0.237. The van der Waals surface area contributed by atoms with Gasteiger partial charge < -0.3 is 15.4 Å². The Morgan fingerprint density at radius 3 is 2.64 bits per heavy atom. The van der Waals surface area contributed by atoms with Gasteiger partial charge in [-0.05, 0) is 45.7 Å². The molecule has 0 saturated carbocycles. The standard InChI is InChI=1S/C18H27N5O2/c1-11-7-8-15(17(20-11)25-6)10-19-18(24)21-12(2)9-16-13(3)22-23(5)14(16)4/h7-8,12H,9-10H2,1-6H3,(H2,19,21,24)/t12-/m0/s1. The number of carbonyl (C=O) groups is 1. The maximum Gasteiger partial charge on any atom is 0.315 e. The number of hydrogen-bond acceptors (Lipinski definition) is 4. The van der Waals surface area contributed by atoms with E-state index in [1.54, 1.807) is 7.11 Å². The Morgan fingerprint density at radius 2 is 2.04 bits per heavy atom. The second-order valence-corrected chi connectivity index (χ2v) is 6.33. The lowest BCUT2D eigenvalue weighted by atomic mass is 10.1. The highest BCUT2D eigenvalue weighted by atomic mass is 16.5. The zero-order valence-corrected chi connectivity index (χ0v) is 15.8. The smallest absolute Gasteiger partial charge is 0.315 e. The number of nitrogens with one attached hydrogen (secondary N) is 2. The minimum absolute atomic E-state index is 0.000335. The van der Waals surface area contributed by atoms with Crippen molar-refractivity contribution in [1.29, 1.82) is 0 Å². The van der Waals surface area contributed by atoms with Crippen molar-refractivity contribution < 1.29 is 9.53 Å². The molecule has 2 amide bonds. The number of aromatic nitrogens is 3. The maximum atomic E-state index is 12.2. The molecule has 0 saturated heterocycles. The molecule has 0 aliphatic carbocycles. The van der Waals surface area contributed by atoms with E-state index in [2.05, 4.69) is 20.7 Å². The van der Waals surface area contributed by atoms with Crippen molar-refractivity contribution in [2.75, 3.05) is 7.11 Å². The van der Waals surface area contributed by atoms with Crippen molar-refractivity contribution in [2.45, 2.75) is 46.7 Å². The molecule has 7 nitrogen and oxygen atoms in total. The molecule has 0 aliphatic rings. The van der Waals surface area contributed by atoms with E-state index in [-0.39, 0.29) is 12.1 Å². The van der Waals surface area contributed by atoms with Gasteiger partial charge in [-0.25, -0.2) is 9.78 Å². The summed E-state index contributed by atoms with van der Waals surface area (Å²) in [7, 11) is 3.51. The molecule has 1 atom stereocenters. The SMILES string of the molecule is COc1nc(C)ccc1CNC(=O)N[C@@H](C)Cc1c(C)nn(C)c1C. The molecular formula is C18H27N5O2. The zero-order valence-electron chi connectivity index (χ0n) is 15.8. The first-order valence-corrected chi connectivity index (χ1v) is 8.35. The van der Waals surface area contributed by atoms with Gasteiger partial charge in [0.15, 0.2) is 0 Å². The van der Waals surface area contributed by atoms with Crippen molar-refractivity contribution in [2.24, 2.45) is 7.05 Å². The molecule has 136 valence electrons. The Bertz CT molecular complexity index is 754. The normalized spacial score (nSPS) is 11.9. The highest BCUT2D eigenvalue weighted by molar-refractivity contribution is 5.74. The van der Waals surface area contributed by atoms with Crippen LogP contribution in [0.15, 0.2) is 12.1 Å². The summed E-state index contributed by atoms with van der Waals surface area (Å²) < 4.78 is 7.12. The lowest BCUT2D eigenvalue weighted by Gasteiger charge is -2.15. The molecule has 2 heterocycles. The Labute approximate surface area is 148 Å². The molecule has 0 fully saturated rings. The Balaban J connectivity index is 1.90. The van der Waals surface area contributed by atoms with Gasteiger partial charge >= 0.3 is 6.03 Å². The van der Waals surface area contributed by atoms with Gasteiger partial charge in [-0.15, -0.1) is 0 Å². The number of ether oxygens (including phenoxy) is 1. The summed E-state index contributed by atoms with van der Waals surface area (Å²) >= 11 is 0. The molecule has 0 unspecified atom stereocenters. The number of aryl methyl sites for hydroxylation is 3. The van der Waals surface area contributed by atoms with E-state index >= 15 is 0 Å². The van der Waals surface area contributed by atoms with Crippen LogP contribution in [0.4, 0.5) is 4.79 Å². The predicted octanol–water partition coefficient (Wildman–Crippen LogP) is 2.18. The number of pyridine rings is 1. The number of rotatable bonds is 6. The highest BCUT2D eigenvalue weighted by Crippen LogP contribution is 2.16. The maximum absolute atomic E-state index is 12.2. The van der Waals surface area contributed by atoms with Gasteiger partial charge in [-0.3, -0.25) is 4.68 Å². The zero-order chi connectivity index (χ0) is 18.6. The molecule has 0 aliphatic heterocycles. The van der Waals surface area contributed by atoms with E-state index in [1.807, 2.05) is 51.6 Å². The predicted molar refractivity (Wildman–Crippen MR) is 96.7 cm³/mol. The summed E-state index contributed by atoms with van der Waals surface area (Å²) in [5.41, 5.74) is 5.03. The topological polar surface area (TPSA) is 81.1 Å². The van der Waals surface area contributed by atoms with Crippen LogP contribution < -0.4 is 15.4 Å². The van der Waals surface area contributed by atoms with E-state index < -0.39 is 0 Å². The molecule has 25 heavy (non-hydrogen) atoms. The summed E-state index contributed by atoms with van der Waals surface area (Å²) in [6.45, 7) is 8.28. The van der Waals surface area contributed by atoms with E-state index in [0.29, 0.717) is 12.4 Å². The lowest BCUT2D eigenvalue weighted by Crippen LogP contribution is -2.41. The Hall–Kier alpha value is -2.57. The molecule has 0 aromatic carbocycles. The first kappa shape index (κ1) is 18.8. The number of nitrogens with zero attached hydrogens (tertiary/aromatic N) is 3. The third-order valence-electron chi connectivity index (χ3n) is 4.26. The molecule has 2 rings (SSSR count). The van der Waals surface area contributed by atoms with Crippen LogP contribution in [0.3, 0.4) is 0 Å². The third kappa shape index (κ3) is 4.71. The summed E-state index contributed by atoms with van der Waals surface area (Å²) in [5.74, 6) is 0.537. The Kier molecular flexibility index (Phi) is 6.01. The van der Waals surface area contributed by atoms with Gasteiger partial charge in [-0.2, -0.15) is 5.10 Å². The van der Waals surface area contributed by atoms with Gasteiger partial charge in [0.2, 0.25) is 5.88 Å². The summed E-state index contributed by atoms with van der Waals surface area (Å²) in [4.78, 5) is 16.5. The third-order valence-corrected chi connectivity index (χ3v) is 4.26.